The molecule has 2 heterocycles. The molecule has 0 spiro atoms. The molecule has 96 valence electrons. The largest absolute Gasteiger partial charge is 0.341 e. The molecule has 0 N–H and O–H groups in total. The predicted octanol–water partition coefficient (Wildman–Crippen LogP) is 1.88. The summed E-state index contributed by atoms with van der Waals surface area (Å²) in [6, 6.07) is 11.1. The predicted molar refractivity (Wildman–Crippen MR) is 71.1 cm³/mol. The summed E-state index contributed by atoms with van der Waals surface area (Å²) < 4.78 is 0. The molecule has 0 aromatic heterocycles. The summed E-state index contributed by atoms with van der Waals surface area (Å²) in [5.41, 5.74) is 1.35. The van der Waals surface area contributed by atoms with Crippen LogP contribution in [0.15, 0.2) is 30.3 Å². The smallest absolute Gasteiger partial charge is 0.223 e. The molecule has 18 heavy (non-hydrogen) atoms. The highest BCUT2D eigenvalue weighted by molar-refractivity contribution is 5.76. The molecule has 1 aromatic rings. The highest BCUT2D eigenvalue weighted by atomic mass is 16.2. The van der Waals surface area contributed by atoms with Crippen LogP contribution < -0.4 is 0 Å². The molecule has 1 unspecified atom stereocenters. The number of carbonyl (C=O) groups is 1. The summed E-state index contributed by atoms with van der Waals surface area (Å²) in [4.78, 5) is 16.5. The lowest BCUT2D eigenvalue weighted by atomic mass is 10.0. The van der Waals surface area contributed by atoms with Crippen molar-refractivity contribution in [3.8, 4) is 0 Å². The summed E-state index contributed by atoms with van der Waals surface area (Å²) >= 11 is 0. The van der Waals surface area contributed by atoms with Crippen LogP contribution in [0.5, 0.6) is 0 Å². The van der Waals surface area contributed by atoms with Crippen LogP contribution in [0.25, 0.3) is 0 Å². The molecule has 1 atom stereocenters. The van der Waals surface area contributed by atoms with Gasteiger partial charge in [0.15, 0.2) is 0 Å². The van der Waals surface area contributed by atoms with Gasteiger partial charge in [-0.05, 0) is 18.4 Å². The fourth-order valence-corrected chi connectivity index (χ4v) is 3.09. The molecule has 0 radical (unpaired) electrons. The number of piperidine rings is 1. The Morgan fingerprint density at radius 1 is 1.17 bits per heavy atom. The normalized spacial score (nSPS) is 25.0. The van der Waals surface area contributed by atoms with Crippen molar-refractivity contribution in [2.24, 2.45) is 0 Å². The van der Waals surface area contributed by atoms with E-state index in [4.69, 9.17) is 0 Å². The average Bonchev–Trinajstić information content (AvgIpc) is 2.52. The lowest BCUT2D eigenvalue weighted by Crippen LogP contribution is -2.45. The maximum Gasteiger partial charge on any atom is 0.223 e. The fourth-order valence-electron chi connectivity index (χ4n) is 3.09. The van der Waals surface area contributed by atoms with Crippen LogP contribution in [-0.2, 0) is 11.3 Å². The Balaban J connectivity index is 1.73. The lowest BCUT2D eigenvalue weighted by molar-refractivity contribution is -0.131. The third-order valence-corrected chi connectivity index (χ3v) is 4.11. The number of rotatable bonds is 2. The van der Waals surface area contributed by atoms with E-state index in [1.54, 1.807) is 0 Å². The van der Waals surface area contributed by atoms with Gasteiger partial charge in [-0.3, -0.25) is 9.69 Å². The van der Waals surface area contributed by atoms with E-state index in [2.05, 4.69) is 40.1 Å². The van der Waals surface area contributed by atoms with Gasteiger partial charge in [0.2, 0.25) is 5.91 Å². The van der Waals surface area contributed by atoms with Crippen molar-refractivity contribution in [1.82, 2.24) is 9.80 Å². The minimum atomic E-state index is 0.343. The van der Waals surface area contributed by atoms with Gasteiger partial charge >= 0.3 is 0 Å². The zero-order valence-corrected chi connectivity index (χ0v) is 10.7. The topological polar surface area (TPSA) is 23.6 Å². The molecule has 3 nitrogen and oxygen atoms in total. The maximum atomic E-state index is 11.9. The third-order valence-electron chi connectivity index (χ3n) is 4.11. The van der Waals surface area contributed by atoms with Crippen molar-refractivity contribution >= 4 is 5.91 Å². The van der Waals surface area contributed by atoms with Crippen LogP contribution in [-0.4, -0.2) is 41.4 Å². The monoisotopic (exact) mass is 244 g/mol. The zero-order valence-electron chi connectivity index (χ0n) is 10.7. The maximum absolute atomic E-state index is 11.9. The van der Waals surface area contributed by atoms with Gasteiger partial charge < -0.3 is 4.90 Å². The molecule has 2 saturated heterocycles. The van der Waals surface area contributed by atoms with Gasteiger partial charge in [-0.15, -0.1) is 0 Å². The second-order valence-electron chi connectivity index (χ2n) is 5.34. The Morgan fingerprint density at radius 3 is 2.83 bits per heavy atom. The number of hydrogen-bond acceptors (Lipinski definition) is 2. The second-order valence-corrected chi connectivity index (χ2v) is 5.34. The standard InChI is InChI=1S/C15H20N2O/c18-15-8-10-16(11-13-5-2-1-3-6-13)14-7-4-9-17(15)12-14/h1-3,5-6,14H,4,7-12H2. The van der Waals surface area contributed by atoms with Crippen molar-refractivity contribution in [3.05, 3.63) is 35.9 Å². The number of amides is 1. The highest BCUT2D eigenvalue weighted by Crippen LogP contribution is 2.22. The molecule has 2 aliphatic rings. The number of hydrogen-bond donors (Lipinski definition) is 0. The average molecular weight is 244 g/mol. The van der Waals surface area contributed by atoms with Gasteiger partial charge in [-0.1, -0.05) is 30.3 Å². The van der Waals surface area contributed by atoms with Crippen molar-refractivity contribution < 1.29 is 4.79 Å². The summed E-state index contributed by atoms with van der Waals surface area (Å²) in [6.45, 7) is 3.79. The van der Waals surface area contributed by atoms with Crippen molar-refractivity contribution in [2.45, 2.75) is 31.8 Å². The SMILES string of the molecule is O=C1CCN(Cc2ccccc2)C2CCCN1C2. The summed E-state index contributed by atoms with van der Waals surface area (Å²) in [7, 11) is 0. The van der Waals surface area contributed by atoms with Gasteiger partial charge in [0.05, 0.1) is 0 Å². The Morgan fingerprint density at radius 2 is 2.00 bits per heavy atom. The first-order valence-corrected chi connectivity index (χ1v) is 6.89. The van der Waals surface area contributed by atoms with Crippen LogP contribution in [0.4, 0.5) is 0 Å². The van der Waals surface area contributed by atoms with E-state index in [-0.39, 0.29) is 0 Å². The van der Waals surface area contributed by atoms with Crippen LogP contribution in [0.2, 0.25) is 0 Å². The lowest BCUT2D eigenvalue weighted by Gasteiger charge is -2.35. The van der Waals surface area contributed by atoms with Crippen LogP contribution in [0.3, 0.4) is 0 Å². The number of benzene rings is 1. The van der Waals surface area contributed by atoms with E-state index < -0.39 is 0 Å². The molecule has 2 aliphatic heterocycles. The summed E-state index contributed by atoms with van der Waals surface area (Å²) in [5.74, 6) is 0.343. The fraction of sp³-hybridized carbons (Fsp3) is 0.533. The Hall–Kier alpha value is -1.35. The first kappa shape index (κ1) is 11.7. The quantitative estimate of drug-likeness (QED) is 0.793. The van der Waals surface area contributed by atoms with Gasteiger partial charge in [0, 0.05) is 38.6 Å². The zero-order chi connectivity index (χ0) is 12.4. The molecular formula is C15H20N2O. The molecule has 3 heteroatoms. The van der Waals surface area contributed by atoms with Gasteiger partial charge in [0.25, 0.3) is 0 Å². The van der Waals surface area contributed by atoms with Gasteiger partial charge in [0.1, 0.15) is 0 Å². The van der Waals surface area contributed by atoms with Crippen LogP contribution >= 0.6 is 0 Å². The van der Waals surface area contributed by atoms with Crippen LogP contribution in [0, 0.1) is 0 Å². The molecule has 1 aromatic carbocycles. The van der Waals surface area contributed by atoms with E-state index in [0.29, 0.717) is 18.4 Å². The molecule has 3 rings (SSSR count). The van der Waals surface area contributed by atoms with E-state index in [1.165, 1.54) is 12.0 Å². The van der Waals surface area contributed by atoms with E-state index >= 15 is 0 Å². The van der Waals surface area contributed by atoms with Gasteiger partial charge in [-0.2, -0.15) is 0 Å². The van der Waals surface area contributed by atoms with E-state index in [1.807, 2.05) is 0 Å². The first-order chi connectivity index (χ1) is 8.83. The van der Waals surface area contributed by atoms with Crippen LogP contribution in [0.1, 0.15) is 24.8 Å². The van der Waals surface area contributed by atoms with E-state index in [9.17, 15) is 4.79 Å². The van der Waals surface area contributed by atoms with Crippen molar-refractivity contribution in [3.63, 3.8) is 0 Å². The number of nitrogens with zero attached hydrogens (tertiary/aromatic N) is 2. The van der Waals surface area contributed by atoms with Gasteiger partial charge in [-0.25, -0.2) is 0 Å². The molecule has 2 bridgehead atoms. The number of fused-ring (bicyclic) bond motifs is 2. The Bertz CT molecular complexity index is 418. The molecule has 0 saturated carbocycles. The molecular weight excluding hydrogens is 224 g/mol. The third kappa shape index (κ3) is 2.41. The molecule has 0 aliphatic carbocycles. The number of carbonyl (C=O) groups excluding carboxylic acids is 1. The molecule has 1 amide bonds. The highest BCUT2D eigenvalue weighted by Gasteiger charge is 2.31. The second kappa shape index (κ2) is 5.11. The molecule has 2 fully saturated rings. The Kier molecular flexibility index (Phi) is 3.33. The summed E-state index contributed by atoms with van der Waals surface area (Å²) in [6.07, 6.45) is 3.07. The first-order valence-electron chi connectivity index (χ1n) is 6.89. The summed E-state index contributed by atoms with van der Waals surface area (Å²) in [5, 5.41) is 0. The van der Waals surface area contributed by atoms with Crippen molar-refractivity contribution in [1.29, 1.82) is 0 Å². The van der Waals surface area contributed by atoms with Crippen molar-refractivity contribution in [2.75, 3.05) is 19.6 Å². The van der Waals surface area contributed by atoms with E-state index in [0.717, 1.165) is 32.6 Å². The minimum Gasteiger partial charge on any atom is -0.341 e. The minimum absolute atomic E-state index is 0.343. The Labute approximate surface area is 108 Å².